The van der Waals surface area contributed by atoms with E-state index in [4.69, 9.17) is 9.72 Å². The van der Waals surface area contributed by atoms with Gasteiger partial charge in [0.1, 0.15) is 11.4 Å². The third-order valence-corrected chi connectivity index (χ3v) is 4.64. The van der Waals surface area contributed by atoms with E-state index in [-0.39, 0.29) is 12.3 Å². The summed E-state index contributed by atoms with van der Waals surface area (Å²) in [6.45, 7) is 1.96. The number of benzene rings is 1. The molecule has 2 aromatic rings. The average Bonchev–Trinajstić information content (AvgIpc) is 2.69. The number of nitrogens with one attached hydrogen (secondary N) is 1. The van der Waals surface area contributed by atoms with Crippen LogP contribution < -0.4 is 19.9 Å². The predicted molar refractivity (Wildman–Crippen MR) is 108 cm³/mol. The molecule has 1 amide bonds. The Labute approximate surface area is 160 Å². The van der Waals surface area contributed by atoms with Crippen LogP contribution in [0.25, 0.3) is 0 Å². The molecule has 0 spiro atoms. The molecular weight excluding hydrogens is 342 g/mol. The van der Waals surface area contributed by atoms with Crippen LogP contribution in [0.5, 0.6) is 5.75 Å². The zero-order valence-corrected chi connectivity index (χ0v) is 16.2. The lowest BCUT2D eigenvalue weighted by Crippen LogP contribution is -2.31. The van der Waals surface area contributed by atoms with E-state index in [2.05, 4.69) is 15.2 Å². The minimum Gasteiger partial charge on any atom is -0.496 e. The maximum atomic E-state index is 12.6. The van der Waals surface area contributed by atoms with E-state index >= 15 is 0 Å². The molecule has 0 aliphatic carbocycles. The fraction of sp³-hybridized carbons (Fsp3) is 0.450. The van der Waals surface area contributed by atoms with Crippen LogP contribution in [-0.2, 0) is 11.2 Å². The highest BCUT2D eigenvalue weighted by Crippen LogP contribution is 2.26. The standard InChI is InChI=1S/C20H27N5O2/c1-24(2)19-16(14-21-20(23-19)25-11-7-4-8-12-25)22-18(26)13-15-9-5-6-10-17(15)27-3/h5-6,9-10,14H,4,7-8,11-13H2,1-3H3,(H,22,26). The number of ether oxygens (including phenoxy) is 1. The molecule has 1 aromatic heterocycles. The van der Waals surface area contributed by atoms with E-state index in [9.17, 15) is 4.79 Å². The summed E-state index contributed by atoms with van der Waals surface area (Å²) in [7, 11) is 5.43. The SMILES string of the molecule is COc1ccccc1CC(=O)Nc1cnc(N2CCCCC2)nc1N(C)C. The summed E-state index contributed by atoms with van der Waals surface area (Å²) in [6.07, 6.45) is 5.52. The molecule has 144 valence electrons. The Morgan fingerprint density at radius 1 is 1.22 bits per heavy atom. The molecule has 0 atom stereocenters. The number of hydrogen-bond donors (Lipinski definition) is 1. The molecule has 2 heterocycles. The number of hydrogen-bond acceptors (Lipinski definition) is 6. The quantitative estimate of drug-likeness (QED) is 0.844. The first kappa shape index (κ1) is 18.9. The first-order valence-corrected chi connectivity index (χ1v) is 9.29. The number of carbonyl (C=O) groups excluding carboxylic acids is 1. The van der Waals surface area contributed by atoms with Crippen molar-refractivity contribution in [2.24, 2.45) is 0 Å². The number of para-hydroxylation sites is 1. The topological polar surface area (TPSA) is 70.6 Å². The summed E-state index contributed by atoms with van der Waals surface area (Å²) in [6, 6.07) is 7.52. The van der Waals surface area contributed by atoms with Crippen molar-refractivity contribution in [3.8, 4) is 5.75 Å². The highest BCUT2D eigenvalue weighted by atomic mass is 16.5. The summed E-state index contributed by atoms with van der Waals surface area (Å²) < 4.78 is 5.32. The Kier molecular flexibility index (Phi) is 6.11. The second-order valence-electron chi connectivity index (χ2n) is 6.89. The van der Waals surface area contributed by atoms with E-state index in [0.29, 0.717) is 17.3 Å². The lowest BCUT2D eigenvalue weighted by Gasteiger charge is -2.28. The normalized spacial score (nSPS) is 14.0. The fourth-order valence-electron chi connectivity index (χ4n) is 3.26. The van der Waals surface area contributed by atoms with Gasteiger partial charge in [0.15, 0.2) is 5.82 Å². The van der Waals surface area contributed by atoms with Gasteiger partial charge in [-0.25, -0.2) is 4.98 Å². The third-order valence-electron chi connectivity index (χ3n) is 4.64. The molecule has 1 aliphatic heterocycles. The molecule has 0 unspecified atom stereocenters. The number of anilines is 3. The molecule has 0 saturated carbocycles. The Bertz CT molecular complexity index is 788. The maximum Gasteiger partial charge on any atom is 0.229 e. The summed E-state index contributed by atoms with van der Waals surface area (Å²) >= 11 is 0. The van der Waals surface area contributed by atoms with Crippen molar-refractivity contribution in [3.63, 3.8) is 0 Å². The average molecular weight is 369 g/mol. The van der Waals surface area contributed by atoms with Gasteiger partial charge in [-0.2, -0.15) is 4.98 Å². The lowest BCUT2D eigenvalue weighted by molar-refractivity contribution is -0.115. The zero-order chi connectivity index (χ0) is 19.2. The highest BCUT2D eigenvalue weighted by Gasteiger charge is 2.18. The molecule has 27 heavy (non-hydrogen) atoms. The summed E-state index contributed by atoms with van der Waals surface area (Å²) in [5, 5.41) is 2.94. The van der Waals surface area contributed by atoms with E-state index in [0.717, 1.165) is 37.4 Å². The molecule has 1 aromatic carbocycles. The van der Waals surface area contributed by atoms with Gasteiger partial charge in [-0.05, 0) is 25.3 Å². The van der Waals surface area contributed by atoms with Gasteiger partial charge >= 0.3 is 0 Å². The Balaban J connectivity index is 1.76. The van der Waals surface area contributed by atoms with Crippen LogP contribution in [0, 0.1) is 0 Å². The number of nitrogens with zero attached hydrogens (tertiary/aromatic N) is 4. The number of aromatic nitrogens is 2. The first-order valence-electron chi connectivity index (χ1n) is 9.29. The van der Waals surface area contributed by atoms with E-state index in [1.54, 1.807) is 13.3 Å². The molecular formula is C20H27N5O2. The van der Waals surface area contributed by atoms with Gasteiger partial charge in [-0.3, -0.25) is 4.79 Å². The van der Waals surface area contributed by atoms with E-state index in [1.807, 2.05) is 43.3 Å². The molecule has 0 bridgehead atoms. The van der Waals surface area contributed by atoms with Crippen LogP contribution in [0.4, 0.5) is 17.5 Å². The van der Waals surface area contributed by atoms with Crippen LogP contribution in [-0.4, -0.2) is 50.2 Å². The van der Waals surface area contributed by atoms with Crippen LogP contribution in [0.2, 0.25) is 0 Å². The molecule has 1 N–H and O–H groups in total. The number of piperidine rings is 1. The van der Waals surface area contributed by atoms with Crippen LogP contribution in [0.15, 0.2) is 30.5 Å². The van der Waals surface area contributed by atoms with Crippen molar-refractivity contribution >= 4 is 23.4 Å². The van der Waals surface area contributed by atoms with Gasteiger partial charge < -0.3 is 19.9 Å². The summed E-state index contributed by atoms with van der Waals surface area (Å²) in [5.41, 5.74) is 1.45. The number of amides is 1. The summed E-state index contributed by atoms with van der Waals surface area (Å²) in [4.78, 5) is 25.8. The van der Waals surface area contributed by atoms with E-state index < -0.39 is 0 Å². The number of carbonyl (C=O) groups is 1. The van der Waals surface area contributed by atoms with Gasteiger partial charge in [-0.1, -0.05) is 18.2 Å². The Hall–Kier alpha value is -2.83. The molecule has 3 rings (SSSR count). The predicted octanol–water partition coefficient (Wildman–Crippen LogP) is 2.72. The van der Waals surface area contributed by atoms with Crippen molar-refractivity contribution in [2.45, 2.75) is 25.7 Å². The van der Waals surface area contributed by atoms with Crippen LogP contribution in [0.1, 0.15) is 24.8 Å². The summed E-state index contributed by atoms with van der Waals surface area (Å²) in [5.74, 6) is 2.01. The van der Waals surface area contributed by atoms with Gasteiger partial charge in [-0.15, -0.1) is 0 Å². The number of rotatable bonds is 6. The fourth-order valence-corrected chi connectivity index (χ4v) is 3.26. The maximum absolute atomic E-state index is 12.6. The van der Waals surface area contributed by atoms with Gasteiger partial charge in [0.2, 0.25) is 11.9 Å². The largest absolute Gasteiger partial charge is 0.496 e. The lowest BCUT2D eigenvalue weighted by atomic mass is 10.1. The highest BCUT2D eigenvalue weighted by molar-refractivity contribution is 5.95. The third kappa shape index (κ3) is 4.67. The van der Waals surface area contributed by atoms with Crippen LogP contribution >= 0.6 is 0 Å². The molecule has 7 heteroatoms. The molecule has 1 aliphatic rings. The Morgan fingerprint density at radius 2 is 1.96 bits per heavy atom. The van der Waals surface area contributed by atoms with Crippen molar-refractivity contribution in [1.82, 2.24) is 9.97 Å². The second-order valence-corrected chi connectivity index (χ2v) is 6.89. The molecule has 1 fully saturated rings. The smallest absolute Gasteiger partial charge is 0.229 e. The first-order chi connectivity index (χ1) is 13.1. The molecule has 7 nitrogen and oxygen atoms in total. The second kappa shape index (κ2) is 8.70. The van der Waals surface area contributed by atoms with Gasteiger partial charge in [0.05, 0.1) is 19.7 Å². The Morgan fingerprint density at radius 3 is 2.67 bits per heavy atom. The van der Waals surface area contributed by atoms with Crippen molar-refractivity contribution < 1.29 is 9.53 Å². The minimum absolute atomic E-state index is 0.128. The minimum atomic E-state index is -0.128. The number of methoxy groups -OCH3 is 1. The zero-order valence-electron chi connectivity index (χ0n) is 16.2. The van der Waals surface area contributed by atoms with Gasteiger partial charge in [0.25, 0.3) is 0 Å². The molecule has 0 radical (unpaired) electrons. The van der Waals surface area contributed by atoms with Crippen LogP contribution in [0.3, 0.4) is 0 Å². The van der Waals surface area contributed by atoms with Gasteiger partial charge in [0, 0.05) is 32.7 Å². The van der Waals surface area contributed by atoms with Crippen molar-refractivity contribution in [1.29, 1.82) is 0 Å². The molecule has 1 saturated heterocycles. The monoisotopic (exact) mass is 369 g/mol. The van der Waals surface area contributed by atoms with Crippen molar-refractivity contribution in [2.75, 3.05) is 49.4 Å². The van der Waals surface area contributed by atoms with E-state index in [1.165, 1.54) is 6.42 Å². The van der Waals surface area contributed by atoms with Crippen molar-refractivity contribution in [3.05, 3.63) is 36.0 Å².